The number of fused-ring (bicyclic) bond motifs is 1. The van der Waals surface area contributed by atoms with Crippen LogP contribution in [0.1, 0.15) is 24.2 Å². The zero-order valence-corrected chi connectivity index (χ0v) is 19.7. The van der Waals surface area contributed by atoms with Gasteiger partial charge >= 0.3 is 0 Å². The molecule has 0 radical (unpaired) electrons. The number of anilines is 1. The first-order chi connectivity index (χ1) is 15.3. The molecule has 0 aliphatic heterocycles. The molecule has 0 fully saturated rings. The Hall–Kier alpha value is -2.86. The van der Waals surface area contributed by atoms with Gasteiger partial charge in [-0.3, -0.25) is 14.9 Å². The van der Waals surface area contributed by atoms with Crippen molar-refractivity contribution >= 4 is 54.6 Å². The summed E-state index contributed by atoms with van der Waals surface area (Å²) in [6, 6.07) is 9.38. The van der Waals surface area contributed by atoms with Gasteiger partial charge in [0, 0.05) is 35.4 Å². The second-order valence-electron chi connectivity index (χ2n) is 6.81. The molecule has 0 unspecified atom stereocenters. The minimum absolute atomic E-state index is 0.0593. The van der Waals surface area contributed by atoms with E-state index in [2.05, 4.69) is 15.3 Å². The van der Waals surface area contributed by atoms with Crippen LogP contribution in [0.15, 0.2) is 56.8 Å². The van der Waals surface area contributed by atoms with Crippen molar-refractivity contribution in [1.29, 1.82) is 0 Å². The van der Waals surface area contributed by atoms with Crippen LogP contribution in [0.4, 0.5) is 5.13 Å². The van der Waals surface area contributed by atoms with Gasteiger partial charge in [0.25, 0.3) is 5.91 Å². The lowest BCUT2D eigenvalue weighted by molar-refractivity contribution is 0.102. The lowest BCUT2D eigenvalue weighted by atomic mass is 10.1. The number of pyridine rings is 1. The number of rotatable bonds is 7. The van der Waals surface area contributed by atoms with E-state index in [1.165, 1.54) is 39.9 Å². The summed E-state index contributed by atoms with van der Waals surface area (Å²) in [6.45, 7) is 4.17. The predicted molar refractivity (Wildman–Crippen MR) is 128 cm³/mol. The van der Waals surface area contributed by atoms with E-state index in [9.17, 15) is 18.0 Å². The molecule has 1 aromatic carbocycles. The maximum atomic E-state index is 13.0. The van der Waals surface area contributed by atoms with Crippen molar-refractivity contribution in [2.75, 3.05) is 18.4 Å². The molecular weight excluding hydrogens is 468 g/mol. The van der Waals surface area contributed by atoms with Gasteiger partial charge in [-0.05, 0) is 29.6 Å². The van der Waals surface area contributed by atoms with E-state index in [0.29, 0.717) is 29.1 Å². The number of nitrogens with zero attached hydrogens (tertiary/aromatic N) is 2. The molecule has 32 heavy (non-hydrogen) atoms. The Morgan fingerprint density at radius 1 is 1.16 bits per heavy atom. The van der Waals surface area contributed by atoms with E-state index in [0.717, 1.165) is 10.6 Å². The van der Waals surface area contributed by atoms with Gasteiger partial charge < -0.3 is 4.98 Å². The molecule has 3 heterocycles. The second-order valence-corrected chi connectivity index (χ2v) is 10.6. The lowest BCUT2D eigenvalue weighted by Gasteiger charge is -2.19. The number of hydrogen-bond acceptors (Lipinski definition) is 7. The third kappa shape index (κ3) is 4.24. The first-order valence-electron chi connectivity index (χ1n) is 9.81. The van der Waals surface area contributed by atoms with Gasteiger partial charge in [0.1, 0.15) is 0 Å². The number of sulfonamides is 1. The Bertz CT molecular complexity index is 1440. The number of thiazole rings is 1. The molecule has 0 atom stereocenters. The number of carbonyl (C=O) groups excluding carboxylic acids is 1. The number of amides is 1. The molecule has 0 aliphatic rings. The van der Waals surface area contributed by atoms with Gasteiger partial charge in [0.05, 0.1) is 21.0 Å². The molecule has 4 rings (SSSR count). The molecule has 0 saturated carbocycles. The molecule has 0 saturated heterocycles. The fourth-order valence-electron chi connectivity index (χ4n) is 3.33. The average molecular weight is 489 g/mol. The van der Waals surface area contributed by atoms with Crippen LogP contribution < -0.4 is 10.9 Å². The number of carbonyl (C=O) groups is 1. The molecule has 2 N–H and O–H groups in total. The van der Waals surface area contributed by atoms with Crippen molar-refractivity contribution in [3.8, 4) is 10.6 Å². The molecule has 1 amide bonds. The number of thiophene rings is 1. The van der Waals surface area contributed by atoms with Crippen LogP contribution in [0.25, 0.3) is 21.5 Å². The van der Waals surface area contributed by atoms with Gasteiger partial charge in [0.15, 0.2) is 5.13 Å². The maximum absolute atomic E-state index is 13.0. The van der Waals surface area contributed by atoms with Crippen molar-refractivity contribution in [2.45, 2.75) is 18.7 Å². The molecule has 4 aromatic rings. The number of benzene rings is 1. The fraction of sp³-hybridized carbons (Fsp3) is 0.190. The van der Waals surface area contributed by atoms with E-state index in [1.807, 2.05) is 22.9 Å². The van der Waals surface area contributed by atoms with Crippen LogP contribution in [0.5, 0.6) is 0 Å². The fourth-order valence-corrected chi connectivity index (χ4v) is 6.28. The molecule has 11 heteroatoms. The Labute approximate surface area is 192 Å². The lowest BCUT2D eigenvalue weighted by Crippen LogP contribution is -2.30. The van der Waals surface area contributed by atoms with E-state index < -0.39 is 21.5 Å². The van der Waals surface area contributed by atoms with Gasteiger partial charge in [-0.1, -0.05) is 19.9 Å². The maximum Gasteiger partial charge on any atom is 0.258 e. The normalized spacial score (nSPS) is 11.8. The van der Waals surface area contributed by atoms with Crippen molar-refractivity contribution in [3.05, 3.63) is 63.1 Å². The highest BCUT2D eigenvalue weighted by molar-refractivity contribution is 7.89. The second kappa shape index (κ2) is 8.94. The smallest absolute Gasteiger partial charge is 0.258 e. The van der Waals surface area contributed by atoms with Crippen LogP contribution in [-0.4, -0.2) is 41.7 Å². The van der Waals surface area contributed by atoms with Crippen molar-refractivity contribution in [1.82, 2.24) is 14.3 Å². The van der Waals surface area contributed by atoms with Crippen LogP contribution in [0.2, 0.25) is 0 Å². The molecule has 8 nitrogen and oxygen atoms in total. The van der Waals surface area contributed by atoms with Crippen LogP contribution in [0, 0.1) is 0 Å². The number of hydrogen-bond donors (Lipinski definition) is 2. The standard InChI is InChI=1S/C21H20N4O4S3/c1-3-25(4-2)32(28,29)13-7-8-16-14(10-13)15(11-19(26)22-16)20(27)24-21-23-17(12-31-21)18-6-5-9-30-18/h5-12H,3-4H2,1-2H3,(H,22,26)(H,23,24,27). The highest BCUT2D eigenvalue weighted by Crippen LogP contribution is 2.29. The molecule has 166 valence electrons. The first-order valence-corrected chi connectivity index (χ1v) is 13.0. The summed E-state index contributed by atoms with van der Waals surface area (Å²) in [5.41, 5.74) is 0.747. The van der Waals surface area contributed by atoms with Crippen LogP contribution in [0.3, 0.4) is 0 Å². The highest BCUT2D eigenvalue weighted by Gasteiger charge is 2.23. The zero-order valence-electron chi connectivity index (χ0n) is 17.3. The molecule has 0 spiro atoms. The number of aromatic nitrogens is 2. The van der Waals surface area contributed by atoms with Crippen LogP contribution >= 0.6 is 22.7 Å². The van der Waals surface area contributed by atoms with E-state index >= 15 is 0 Å². The zero-order chi connectivity index (χ0) is 22.9. The first kappa shape index (κ1) is 22.3. The van der Waals surface area contributed by atoms with E-state index in [-0.39, 0.29) is 10.5 Å². The Morgan fingerprint density at radius 2 is 1.94 bits per heavy atom. The molecule has 0 aliphatic carbocycles. The minimum Gasteiger partial charge on any atom is -0.322 e. The number of aromatic amines is 1. The van der Waals surface area contributed by atoms with Crippen molar-refractivity contribution in [3.63, 3.8) is 0 Å². The summed E-state index contributed by atoms with van der Waals surface area (Å²) >= 11 is 2.82. The quantitative estimate of drug-likeness (QED) is 0.408. The summed E-state index contributed by atoms with van der Waals surface area (Å²) < 4.78 is 27.2. The van der Waals surface area contributed by atoms with E-state index in [1.54, 1.807) is 25.2 Å². The Morgan fingerprint density at radius 3 is 2.62 bits per heavy atom. The third-order valence-electron chi connectivity index (χ3n) is 4.90. The monoisotopic (exact) mass is 488 g/mol. The highest BCUT2D eigenvalue weighted by atomic mass is 32.2. The van der Waals surface area contributed by atoms with E-state index in [4.69, 9.17) is 0 Å². The van der Waals surface area contributed by atoms with Crippen LogP contribution in [-0.2, 0) is 10.0 Å². The topological polar surface area (TPSA) is 112 Å². The summed E-state index contributed by atoms with van der Waals surface area (Å²) in [7, 11) is -3.73. The van der Waals surface area contributed by atoms with Crippen molar-refractivity contribution < 1.29 is 13.2 Å². The number of nitrogens with one attached hydrogen (secondary N) is 2. The number of H-pyrrole nitrogens is 1. The largest absolute Gasteiger partial charge is 0.322 e. The van der Waals surface area contributed by atoms with Crippen molar-refractivity contribution in [2.24, 2.45) is 0 Å². The SMILES string of the molecule is CCN(CC)S(=O)(=O)c1ccc2[nH]c(=O)cc(C(=O)Nc3nc(-c4cccs4)cs3)c2c1. The third-order valence-corrected chi connectivity index (χ3v) is 8.60. The minimum atomic E-state index is -3.73. The van der Waals surface area contributed by atoms with Gasteiger partial charge in [-0.15, -0.1) is 22.7 Å². The average Bonchev–Trinajstić information content (AvgIpc) is 3.45. The predicted octanol–water partition coefficient (Wildman–Crippen LogP) is 4.00. The Balaban J connectivity index is 1.73. The molecular formula is C21H20N4O4S3. The molecule has 0 bridgehead atoms. The summed E-state index contributed by atoms with van der Waals surface area (Å²) in [5.74, 6) is -0.537. The Kier molecular flexibility index (Phi) is 6.24. The summed E-state index contributed by atoms with van der Waals surface area (Å²) in [5, 5.41) is 7.23. The van der Waals surface area contributed by atoms with Gasteiger partial charge in [0.2, 0.25) is 15.6 Å². The summed E-state index contributed by atoms with van der Waals surface area (Å²) in [6.07, 6.45) is 0. The molecule has 3 aromatic heterocycles. The van der Waals surface area contributed by atoms with Gasteiger partial charge in [-0.25, -0.2) is 13.4 Å². The van der Waals surface area contributed by atoms with Gasteiger partial charge in [-0.2, -0.15) is 4.31 Å². The summed E-state index contributed by atoms with van der Waals surface area (Å²) in [4.78, 5) is 33.3.